The van der Waals surface area contributed by atoms with E-state index in [1.54, 1.807) is 0 Å². The zero-order valence-corrected chi connectivity index (χ0v) is 16.7. The van der Waals surface area contributed by atoms with E-state index in [4.69, 9.17) is 4.74 Å². The Morgan fingerprint density at radius 1 is 1.15 bits per heavy atom. The minimum absolute atomic E-state index is 0.124. The molecule has 1 aliphatic heterocycles. The molecule has 4 rings (SSSR count). The van der Waals surface area contributed by atoms with Gasteiger partial charge in [-0.2, -0.15) is 0 Å². The lowest BCUT2D eigenvalue weighted by Gasteiger charge is -2.34. The SMILES string of the molecule is C[C@@H](NCC1CN(C)c2ccc(Br)cc2O1)c1cccc2ccccc12. The predicted molar refractivity (Wildman–Crippen MR) is 112 cm³/mol. The summed E-state index contributed by atoms with van der Waals surface area (Å²) in [7, 11) is 2.12. The number of hydrogen-bond donors (Lipinski definition) is 1. The maximum absolute atomic E-state index is 6.22. The fourth-order valence-corrected chi connectivity index (χ4v) is 4.01. The van der Waals surface area contributed by atoms with Crippen LogP contribution in [0.3, 0.4) is 0 Å². The molecule has 3 aromatic carbocycles. The molecule has 1 N–H and O–H groups in total. The molecule has 2 atom stereocenters. The summed E-state index contributed by atoms with van der Waals surface area (Å²) in [5, 5.41) is 6.26. The minimum atomic E-state index is 0.124. The van der Waals surface area contributed by atoms with Gasteiger partial charge in [-0.25, -0.2) is 0 Å². The van der Waals surface area contributed by atoms with Crippen molar-refractivity contribution in [1.82, 2.24) is 5.32 Å². The molecule has 0 aromatic heterocycles. The Bertz CT molecular complexity index is 922. The number of rotatable bonds is 4. The first-order valence-electron chi connectivity index (χ1n) is 9.00. The molecular formula is C22H23BrN2O. The lowest BCUT2D eigenvalue weighted by atomic mass is 9.99. The number of halogens is 1. The average Bonchev–Trinajstić information content (AvgIpc) is 2.65. The first-order chi connectivity index (χ1) is 12.6. The monoisotopic (exact) mass is 410 g/mol. The third-order valence-corrected chi connectivity index (χ3v) is 5.54. The van der Waals surface area contributed by atoms with Gasteiger partial charge < -0.3 is 15.0 Å². The molecule has 3 nitrogen and oxygen atoms in total. The van der Waals surface area contributed by atoms with Gasteiger partial charge in [-0.15, -0.1) is 0 Å². The maximum atomic E-state index is 6.22. The van der Waals surface area contributed by atoms with Crippen LogP contribution in [0.2, 0.25) is 0 Å². The minimum Gasteiger partial charge on any atom is -0.485 e. The molecule has 0 bridgehead atoms. The van der Waals surface area contributed by atoms with Gasteiger partial charge in [-0.3, -0.25) is 0 Å². The molecule has 0 radical (unpaired) electrons. The van der Waals surface area contributed by atoms with Crippen LogP contribution in [0.4, 0.5) is 5.69 Å². The number of fused-ring (bicyclic) bond motifs is 2. The largest absolute Gasteiger partial charge is 0.485 e. The topological polar surface area (TPSA) is 24.5 Å². The third kappa shape index (κ3) is 3.44. The van der Waals surface area contributed by atoms with Crippen LogP contribution in [-0.2, 0) is 0 Å². The van der Waals surface area contributed by atoms with Crippen molar-refractivity contribution in [2.24, 2.45) is 0 Å². The highest BCUT2D eigenvalue weighted by atomic mass is 79.9. The molecule has 0 saturated carbocycles. The number of anilines is 1. The Labute approximate surface area is 163 Å². The van der Waals surface area contributed by atoms with Gasteiger partial charge in [0.1, 0.15) is 11.9 Å². The third-order valence-electron chi connectivity index (χ3n) is 5.05. The molecule has 0 amide bonds. The molecule has 1 aliphatic rings. The summed E-state index contributed by atoms with van der Waals surface area (Å²) in [5.41, 5.74) is 2.47. The van der Waals surface area contributed by atoms with E-state index in [0.29, 0.717) is 0 Å². The Morgan fingerprint density at radius 2 is 1.96 bits per heavy atom. The normalized spacial score (nSPS) is 17.7. The highest BCUT2D eigenvalue weighted by molar-refractivity contribution is 9.10. The van der Waals surface area contributed by atoms with Crippen molar-refractivity contribution < 1.29 is 4.74 Å². The lowest BCUT2D eigenvalue weighted by molar-refractivity contribution is 0.188. The van der Waals surface area contributed by atoms with Crippen LogP contribution >= 0.6 is 15.9 Å². The van der Waals surface area contributed by atoms with Gasteiger partial charge >= 0.3 is 0 Å². The maximum Gasteiger partial charge on any atom is 0.144 e. The van der Waals surface area contributed by atoms with Gasteiger partial charge in [0.15, 0.2) is 0 Å². The summed E-state index contributed by atoms with van der Waals surface area (Å²) in [6, 6.07) is 21.5. The second-order valence-electron chi connectivity index (χ2n) is 6.93. The Morgan fingerprint density at radius 3 is 2.85 bits per heavy atom. The van der Waals surface area contributed by atoms with Gasteiger partial charge in [0.2, 0.25) is 0 Å². The van der Waals surface area contributed by atoms with E-state index in [9.17, 15) is 0 Å². The zero-order valence-electron chi connectivity index (χ0n) is 15.1. The number of nitrogens with zero attached hydrogens (tertiary/aromatic N) is 1. The van der Waals surface area contributed by atoms with Gasteiger partial charge in [-0.05, 0) is 41.5 Å². The Balaban J connectivity index is 1.47. The van der Waals surface area contributed by atoms with Gasteiger partial charge in [0, 0.05) is 24.1 Å². The van der Waals surface area contributed by atoms with Gasteiger partial charge in [-0.1, -0.05) is 58.4 Å². The van der Waals surface area contributed by atoms with Crippen molar-refractivity contribution in [3.63, 3.8) is 0 Å². The van der Waals surface area contributed by atoms with E-state index in [-0.39, 0.29) is 12.1 Å². The van der Waals surface area contributed by atoms with Crippen LogP contribution in [-0.4, -0.2) is 26.2 Å². The molecule has 26 heavy (non-hydrogen) atoms. The highest BCUT2D eigenvalue weighted by Gasteiger charge is 2.24. The van der Waals surface area contributed by atoms with Crippen molar-refractivity contribution >= 4 is 32.4 Å². The second kappa shape index (κ2) is 7.29. The van der Waals surface area contributed by atoms with E-state index < -0.39 is 0 Å². The molecule has 4 heteroatoms. The summed E-state index contributed by atoms with van der Waals surface area (Å²) in [4.78, 5) is 2.26. The van der Waals surface area contributed by atoms with Crippen molar-refractivity contribution in [3.05, 3.63) is 70.7 Å². The number of benzene rings is 3. The molecule has 1 heterocycles. The van der Waals surface area contributed by atoms with E-state index in [0.717, 1.165) is 29.0 Å². The van der Waals surface area contributed by atoms with E-state index in [1.165, 1.54) is 16.3 Å². The molecule has 0 spiro atoms. The summed E-state index contributed by atoms with van der Waals surface area (Å²) in [5.74, 6) is 0.942. The van der Waals surface area contributed by atoms with Crippen LogP contribution in [0.1, 0.15) is 18.5 Å². The van der Waals surface area contributed by atoms with Crippen molar-refractivity contribution in [2.45, 2.75) is 19.1 Å². The second-order valence-corrected chi connectivity index (χ2v) is 7.85. The Hall–Kier alpha value is -2.04. The molecule has 0 aliphatic carbocycles. The van der Waals surface area contributed by atoms with Crippen molar-refractivity contribution in [1.29, 1.82) is 0 Å². The molecule has 0 saturated heterocycles. The van der Waals surface area contributed by atoms with Crippen molar-refractivity contribution in [3.8, 4) is 5.75 Å². The summed E-state index contributed by atoms with van der Waals surface area (Å²) < 4.78 is 7.27. The fraction of sp³-hybridized carbons (Fsp3) is 0.273. The zero-order chi connectivity index (χ0) is 18.1. The molecule has 0 fully saturated rings. The smallest absolute Gasteiger partial charge is 0.144 e. The van der Waals surface area contributed by atoms with Crippen LogP contribution in [0.25, 0.3) is 10.8 Å². The van der Waals surface area contributed by atoms with Gasteiger partial charge in [0.25, 0.3) is 0 Å². The van der Waals surface area contributed by atoms with E-state index in [1.807, 2.05) is 6.07 Å². The van der Waals surface area contributed by atoms with Gasteiger partial charge in [0.05, 0.1) is 12.2 Å². The molecule has 134 valence electrons. The van der Waals surface area contributed by atoms with E-state index >= 15 is 0 Å². The fourth-order valence-electron chi connectivity index (χ4n) is 3.67. The lowest BCUT2D eigenvalue weighted by Crippen LogP contribution is -2.44. The number of ether oxygens (including phenoxy) is 1. The number of hydrogen-bond acceptors (Lipinski definition) is 3. The van der Waals surface area contributed by atoms with Crippen LogP contribution in [0, 0.1) is 0 Å². The summed E-state index contributed by atoms with van der Waals surface area (Å²) in [6.07, 6.45) is 0.124. The quantitative estimate of drug-likeness (QED) is 0.643. The molecule has 1 unspecified atom stereocenters. The first kappa shape index (κ1) is 17.4. The Kier molecular flexibility index (Phi) is 4.88. The average molecular weight is 411 g/mol. The predicted octanol–water partition coefficient (Wildman–Crippen LogP) is 5.15. The summed E-state index contributed by atoms with van der Waals surface area (Å²) in [6.45, 7) is 3.91. The number of likely N-dealkylation sites (N-methyl/N-ethyl adjacent to an activating group) is 1. The molecule has 3 aromatic rings. The number of nitrogens with one attached hydrogen (secondary N) is 1. The summed E-state index contributed by atoms with van der Waals surface area (Å²) >= 11 is 3.53. The standard InChI is InChI=1S/C22H23BrN2O/c1-15(19-9-5-7-16-6-3-4-8-20(16)19)24-13-18-14-25(2)21-11-10-17(23)12-22(21)26-18/h3-12,15,18,24H,13-14H2,1-2H3/t15-,18?/m1/s1. The molecular weight excluding hydrogens is 388 g/mol. The van der Waals surface area contributed by atoms with Crippen LogP contribution in [0.15, 0.2) is 65.1 Å². The van der Waals surface area contributed by atoms with Crippen LogP contribution < -0.4 is 15.0 Å². The first-order valence-corrected chi connectivity index (χ1v) is 9.79. The van der Waals surface area contributed by atoms with Crippen molar-refractivity contribution in [2.75, 3.05) is 25.0 Å². The van der Waals surface area contributed by atoms with Crippen LogP contribution in [0.5, 0.6) is 5.75 Å². The highest BCUT2D eigenvalue weighted by Crippen LogP contribution is 2.35. The van der Waals surface area contributed by atoms with E-state index in [2.05, 4.69) is 94.7 Å².